The highest BCUT2D eigenvalue weighted by Gasteiger charge is 2.13. The Hall–Kier alpha value is -2.70. The lowest BCUT2D eigenvalue weighted by Crippen LogP contribution is -2.24. The summed E-state index contributed by atoms with van der Waals surface area (Å²) in [5.74, 6) is 0.866. The van der Waals surface area contributed by atoms with E-state index >= 15 is 0 Å². The molecule has 2 amide bonds. The second-order valence-electron chi connectivity index (χ2n) is 5.91. The molecule has 0 saturated heterocycles. The maximum absolute atomic E-state index is 12.4. The average Bonchev–Trinajstić information content (AvgIpc) is 3.22. The van der Waals surface area contributed by atoms with E-state index in [1.807, 2.05) is 24.3 Å². The van der Waals surface area contributed by atoms with Crippen LogP contribution in [0.4, 0.5) is 5.69 Å². The molecule has 0 bridgehead atoms. The molecular weight excluding hydrogens is 396 g/mol. The number of nitrogens with one attached hydrogen (secondary N) is 2. The Morgan fingerprint density at radius 2 is 1.79 bits per heavy atom. The molecule has 28 heavy (non-hydrogen) atoms. The van der Waals surface area contributed by atoms with Gasteiger partial charge in [-0.2, -0.15) is 0 Å². The first kappa shape index (κ1) is 20.0. The van der Waals surface area contributed by atoms with Crippen molar-refractivity contribution in [1.82, 2.24) is 5.32 Å². The normalized spacial score (nSPS) is 10.5. The van der Waals surface area contributed by atoms with Crippen LogP contribution in [0.5, 0.6) is 0 Å². The lowest BCUT2D eigenvalue weighted by atomic mass is 10.1. The molecule has 3 aromatic rings. The summed E-state index contributed by atoms with van der Waals surface area (Å²) in [5.41, 5.74) is 0.897. The SMILES string of the molecule is O=C(CCSc1ccc(Cl)cc1)Nc1ccccc1C(=O)NCc1ccco1. The second kappa shape index (κ2) is 10.0. The van der Waals surface area contributed by atoms with Crippen LogP contribution in [-0.4, -0.2) is 17.6 Å². The van der Waals surface area contributed by atoms with E-state index in [0.29, 0.717) is 34.2 Å². The van der Waals surface area contributed by atoms with E-state index in [9.17, 15) is 9.59 Å². The molecular formula is C21H19ClN2O3S. The third-order valence-electron chi connectivity index (χ3n) is 3.86. The molecule has 7 heteroatoms. The Morgan fingerprint density at radius 1 is 1.00 bits per heavy atom. The van der Waals surface area contributed by atoms with Gasteiger partial charge in [0.25, 0.3) is 5.91 Å². The summed E-state index contributed by atoms with van der Waals surface area (Å²) in [6.45, 7) is 0.284. The van der Waals surface area contributed by atoms with Gasteiger partial charge in [-0.25, -0.2) is 0 Å². The van der Waals surface area contributed by atoms with Crippen LogP contribution in [-0.2, 0) is 11.3 Å². The molecule has 0 spiro atoms. The minimum absolute atomic E-state index is 0.146. The summed E-state index contributed by atoms with van der Waals surface area (Å²) >= 11 is 7.44. The number of carbonyl (C=O) groups is 2. The molecule has 144 valence electrons. The monoisotopic (exact) mass is 414 g/mol. The molecule has 0 unspecified atom stereocenters. The van der Waals surface area contributed by atoms with E-state index < -0.39 is 0 Å². The van der Waals surface area contributed by atoms with Gasteiger partial charge in [-0.3, -0.25) is 9.59 Å². The summed E-state index contributed by atoms with van der Waals surface area (Å²) in [4.78, 5) is 25.8. The summed E-state index contributed by atoms with van der Waals surface area (Å²) in [5, 5.41) is 6.29. The van der Waals surface area contributed by atoms with E-state index in [1.54, 1.807) is 54.4 Å². The van der Waals surface area contributed by atoms with Crippen molar-refractivity contribution in [1.29, 1.82) is 0 Å². The number of thioether (sulfide) groups is 1. The highest BCUT2D eigenvalue weighted by molar-refractivity contribution is 7.99. The number of hydrogen-bond donors (Lipinski definition) is 2. The first-order chi connectivity index (χ1) is 13.6. The van der Waals surface area contributed by atoms with Crippen molar-refractivity contribution >= 4 is 40.9 Å². The largest absolute Gasteiger partial charge is 0.467 e. The lowest BCUT2D eigenvalue weighted by Gasteiger charge is -2.11. The summed E-state index contributed by atoms with van der Waals surface area (Å²) in [6, 6.07) is 18.0. The average molecular weight is 415 g/mol. The van der Waals surface area contributed by atoms with Gasteiger partial charge in [0.2, 0.25) is 5.91 Å². The molecule has 1 heterocycles. The van der Waals surface area contributed by atoms with Crippen LogP contribution in [0, 0.1) is 0 Å². The fourth-order valence-corrected chi connectivity index (χ4v) is 3.45. The number of benzene rings is 2. The maximum atomic E-state index is 12.4. The number of furan rings is 1. The first-order valence-electron chi connectivity index (χ1n) is 8.69. The van der Waals surface area contributed by atoms with Gasteiger partial charge in [-0.05, 0) is 48.5 Å². The van der Waals surface area contributed by atoms with Crippen LogP contribution in [0.1, 0.15) is 22.5 Å². The Kier molecular flexibility index (Phi) is 7.17. The van der Waals surface area contributed by atoms with Crippen LogP contribution < -0.4 is 10.6 Å². The molecule has 0 saturated carbocycles. The number of rotatable bonds is 8. The van der Waals surface area contributed by atoms with E-state index in [4.69, 9.17) is 16.0 Å². The predicted octanol–water partition coefficient (Wildman–Crippen LogP) is 4.98. The molecule has 0 atom stereocenters. The van der Waals surface area contributed by atoms with Crippen molar-refractivity contribution in [3.8, 4) is 0 Å². The molecule has 0 fully saturated rings. The van der Waals surface area contributed by atoms with Crippen LogP contribution in [0.2, 0.25) is 5.02 Å². The molecule has 3 rings (SSSR count). The predicted molar refractivity (Wildman–Crippen MR) is 112 cm³/mol. The topological polar surface area (TPSA) is 71.3 Å². The van der Waals surface area contributed by atoms with Gasteiger partial charge in [0.05, 0.1) is 24.1 Å². The zero-order valence-electron chi connectivity index (χ0n) is 15.0. The van der Waals surface area contributed by atoms with E-state index in [-0.39, 0.29) is 18.4 Å². The molecule has 2 N–H and O–H groups in total. The quantitative estimate of drug-likeness (QED) is 0.510. The summed E-state index contributed by atoms with van der Waals surface area (Å²) < 4.78 is 5.21. The third kappa shape index (κ3) is 5.90. The van der Waals surface area contributed by atoms with Crippen LogP contribution in [0.15, 0.2) is 76.2 Å². The van der Waals surface area contributed by atoms with Gasteiger partial charge in [-0.15, -0.1) is 11.8 Å². The van der Waals surface area contributed by atoms with Gasteiger partial charge in [0, 0.05) is 22.1 Å². The number of carbonyl (C=O) groups excluding carboxylic acids is 2. The zero-order valence-corrected chi connectivity index (χ0v) is 16.6. The van der Waals surface area contributed by atoms with Gasteiger partial charge in [-0.1, -0.05) is 23.7 Å². The number of anilines is 1. The Labute approximate surface area is 172 Å². The van der Waals surface area contributed by atoms with Crippen LogP contribution in [0.3, 0.4) is 0 Å². The molecule has 0 aliphatic heterocycles. The van der Waals surface area contributed by atoms with Crippen LogP contribution in [0.25, 0.3) is 0 Å². The molecule has 0 aliphatic carbocycles. The van der Waals surface area contributed by atoms with Crippen LogP contribution >= 0.6 is 23.4 Å². The van der Waals surface area contributed by atoms with Crippen molar-refractivity contribution < 1.29 is 14.0 Å². The standard InChI is InChI=1S/C21H19ClN2O3S/c22-15-7-9-17(10-8-15)28-13-11-20(25)24-19-6-2-1-5-18(19)21(26)23-14-16-4-3-12-27-16/h1-10,12H,11,13-14H2,(H,23,26)(H,24,25). The minimum Gasteiger partial charge on any atom is -0.467 e. The fourth-order valence-electron chi connectivity index (χ4n) is 2.47. The van der Waals surface area contributed by atoms with E-state index in [2.05, 4.69) is 10.6 Å². The van der Waals surface area contributed by atoms with Gasteiger partial charge in [0.15, 0.2) is 0 Å². The summed E-state index contributed by atoms with van der Waals surface area (Å²) in [7, 11) is 0. The van der Waals surface area contributed by atoms with Gasteiger partial charge < -0.3 is 15.1 Å². The number of amides is 2. The molecule has 2 aromatic carbocycles. The number of halogens is 1. The smallest absolute Gasteiger partial charge is 0.253 e. The Balaban J connectivity index is 1.52. The van der Waals surface area contributed by atoms with Crippen molar-refractivity contribution in [3.05, 3.63) is 83.3 Å². The Bertz CT molecular complexity index is 927. The zero-order chi connectivity index (χ0) is 19.8. The van der Waals surface area contributed by atoms with Gasteiger partial charge >= 0.3 is 0 Å². The molecule has 5 nitrogen and oxygen atoms in total. The first-order valence-corrected chi connectivity index (χ1v) is 10.1. The molecule has 0 aliphatic rings. The fraction of sp³-hybridized carbons (Fsp3) is 0.143. The Morgan fingerprint density at radius 3 is 2.54 bits per heavy atom. The van der Waals surface area contributed by atoms with Crippen molar-refractivity contribution in [2.75, 3.05) is 11.1 Å². The molecule has 1 aromatic heterocycles. The highest BCUT2D eigenvalue weighted by atomic mass is 35.5. The van der Waals surface area contributed by atoms with E-state index in [0.717, 1.165) is 4.90 Å². The second-order valence-corrected chi connectivity index (χ2v) is 7.51. The summed E-state index contributed by atoms with van der Waals surface area (Å²) in [6.07, 6.45) is 1.88. The van der Waals surface area contributed by atoms with E-state index in [1.165, 1.54) is 0 Å². The minimum atomic E-state index is -0.275. The van der Waals surface area contributed by atoms with Crippen molar-refractivity contribution in [3.63, 3.8) is 0 Å². The number of para-hydroxylation sites is 1. The molecule has 0 radical (unpaired) electrons. The van der Waals surface area contributed by atoms with Gasteiger partial charge in [0.1, 0.15) is 5.76 Å². The number of hydrogen-bond acceptors (Lipinski definition) is 4. The van der Waals surface area contributed by atoms with Crippen molar-refractivity contribution in [2.24, 2.45) is 0 Å². The van der Waals surface area contributed by atoms with Crippen molar-refractivity contribution in [2.45, 2.75) is 17.9 Å². The lowest BCUT2D eigenvalue weighted by molar-refractivity contribution is -0.115. The highest BCUT2D eigenvalue weighted by Crippen LogP contribution is 2.21. The third-order valence-corrected chi connectivity index (χ3v) is 5.13. The maximum Gasteiger partial charge on any atom is 0.253 e.